The molecule has 3 fully saturated rings. The summed E-state index contributed by atoms with van der Waals surface area (Å²) in [6.07, 6.45) is 12.6. The van der Waals surface area contributed by atoms with Crippen molar-refractivity contribution in [2.45, 2.75) is 77.7 Å². The lowest BCUT2D eigenvalue weighted by atomic mass is 9.85. The molecule has 3 aromatic rings. The van der Waals surface area contributed by atoms with Crippen molar-refractivity contribution in [3.05, 3.63) is 101 Å². The molecule has 4 aliphatic rings. The Morgan fingerprint density at radius 1 is 0.827 bits per heavy atom. The Hall–Kier alpha value is -3.82. The molecule has 1 saturated carbocycles. The molecule has 3 atom stereocenters. The molecule has 52 heavy (non-hydrogen) atoms. The van der Waals surface area contributed by atoms with Crippen LogP contribution < -0.4 is 11.1 Å². The van der Waals surface area contributed by atoms with E-state index in [0.29, 0.717) is 18.1 Å². The maximum atomic E-state index is 13.6. The highest BCUT2D eigenvalue weighted by molar-refractivity contribution is 5.99. The lowest BCUT2D eigenvalue weighted by Crippen LogP contribution is -2.43. The smallest absolute Gasteiger partial charge is 0.255 e. The summed E-state index contributed by atoms with van der Waals surface area (Å²) in [5.74, 6) is 1.38. The van der Waals surface area contributed by atoms with Gasteiger partial charge in [-0.2, -0.15) is 0 Å². The van der Waals surface area contributed by atoms with Crippen molar-refractivity contribution in [3.63, 3.8) is 0 Å². The van der Waals surface area contributed by atoms with E-state index in [1.165, 1.54) is 53.8 Å². The Morgan fingerprint density at radius 2 is 1.50 bits per heavy atom. The number of nitrogen functional groups attached to an aromatic ring is 1. The molecule has 0 spiro atoms. The Labute approximate surface area is 311 Å². The summed E-state index contributed by atoms with van der Waals surface area (Å²) >= 11 is 0. The van der Waals surface area contributed by atoms with Gasteiger partial charge in [-0.3, -0.25) is 14.6 Å². The topological polar surface area (TPSA) is 87.0 Å². The molecular formula is C44H58N6O2. The Bertz CT molecular complexity index is 1720. The van der Waals surface area contributed by atoms with Gasteiger partial charge in [0, 0.05) is 45.5 Å². The monoisotopic (exact) mass is 702 g/mol. The average Bonchev–Trinajstić information content (AvgIpc) is 3.60. The van der Waals surface area contributed by atoms with Crippen molar-refractivity contribution in [3.8, 4) is 11.1 Å². The van der Waals surface area contributed by atoms with E-state index in [1.54, 1.807) is 0 Å². The zero-order valence-corrected chi connectivity index (χ0v) is 31.5. The van der Waals surface area contributed by atoms with E-state index in [0.717, 1.165) is 82.0 Å². The number of likely N-dealkylation sites (tertiary alicyclic amines) is 1. The molecule has 0 radical (unpaired) electrons. The normalized spacial score (nSPS) is 23.7. The standard InChI is InChI=1S/C44H58N6O2/c1-31-17-19-49(20-18-31)29-38-16-15-37(25-32(38)2)39-26-40(43(45)46-27-39)44(51)47-41-5-4-6-42(41)52-30-34-9-13-36(14-10-34)35-11-7-33(8-12-35)28-50-23-21-48(3)22-24-50/h7-16,26-27,31-32,41-42H,4-6,17-25,28-30H2,1-3H3,(H2,45,46)(H,47,51)/t32?,41-,42-/m0/s1. The summed E-state index contributed by atoms with van der Waals surface area (Å²) in [6, 6.07) is 19.5. The molecule has 2 aromatic carbocycles. The third kappa shape index (κ3) is 9.21. The molecule has 1 aromatic heterocycles. The second-order valence-corrected chi connectivity index (χ2v) is 16.0. The first-order valence-corrected chi connectivity index (χ1v) is 19.7. The zero-order chi connectivity index (χ0) is 36.0. The van der Waals surface area contributed by atoms with Crippen LogP contribution in [0.4, 0.5) is 5.82 Å². The molecule has 276 valence electrons. The first-order valence-electron chi connectivity index (χ1n) is 19.7. The van der Waals surface area contributed by atoms with Crippen LogP contribution in [0.25, 0.3) is 16.7 Å². The van der Waals surface area contributed by atoms with Gasteiger partial charge < -0.3 is 20.7 Å². The number of nitrogens with zero attached hydrogens (tertiary/aromatic N) is 4. The minimum Gasteiger partial charge on any atom is -0.383 e. The summed E-state index contributed by atoms with van der Waals surface area (Å²) in [4.78, 5) is 25.6. The van der Waals surface area contributed by atoms with Gasteiger partial charge in [0.1, 0.15) is 5.82 Å². The molecule has 2 aliphatic carbocycles. The predicted molar refractivity (Wildman–Crippen MR) is 212 cm³/mol. The zero-order valence-electron chi connectivity index (χ0n) is 31.5. The number of carbonyl (C=O) groups excluding carboxylic acids is 1. The van der Waals surface area contributed by atoms with E-state index in [4.69, 9.17) is 10.5 Å². The molecule has 2 saturated heterocycles. The van der Waals surface area contributed by atoms with Gasteiger partial charge in [-0.25, -0.2) is 4.98 Å². The van der Waals surface area contributed by atoms with E-state index in [1.807, 2.05) is 12.3 Å². The lowest BCUT2D eigenvalue weighted by Gasteiger charge is -2.33. The lowest BCUT2D eigenvalue weighted by molar-refractivity contribution is 0.0272. The quantitative estimate of drug-likeness (QED) is 0.222. The van der Waals surface area contributed by atoms with Crippen LogP contribution in [0.3, 0.4) is 0 Å². The highest BCUT2D eigenvalue weighted by Crippen LogP contribution is 2.33. The van der Waals surface area contributed by atoms with Gasteiger partial charge in [-0.05, 0) is 110 Å². The molecule has 2 aliphatic heterocycles. The molecule has 1 amide bonds. The number of allylic oxidation sites excluding steroid dienone is 3. The van der Waals surface area contributed by atoms with Crippen LogP contribution in [0.2, 0.25) is 0 Å². The number of aromatic nitrogens is 1. The van der Waals surface area contributed by atoms with E-state index in [2.05, 4.69) is 107 Å². The number of rotatable bonds is 11. The van der Waals surface area contributed by atoms with Crippen molar-refractivity contribution < 1.29 is 9.53 Å². The van der Waals surface area contributed by atoms with Crippen molar-refractivity contribution in [2.75, 3.05) is 58.6 Å². The highest BCUT2D eigenvalue weighted by atomic mass is 16.5. The van der Waals surface area contributed by atoms with Crippen LogP contribution in [-0.2, 0) is 17.9 Å². The van der Waals surface area contributed by atoms with Gasteiger partial charge in [-0.15, -0.1) is 0 Å². The van der Waals surface area contributed by atoms with Gasteiger partial charge in [0.05, 0.1) is 24.3 Å². The summed E-state index contributed by atoms with van der Waals surface area (Å²) in [5.41, 5.74) is 15.3. The number of piperidine rings is 1. The number of amides is 1. The number of hydrogen-bond donors (Lipinski definition) is 2. The number of nitrogens with two attached hydrogens (primary N) is 1. The number of anilines is 1. The summed E-state index contributed by atoms with van der Waals surface area (Å²) in [7, 11) is 2.20. The maximum Gasteiger partial charge on any atom is 0.255 e. The van der Waals surface area contributed by atoms with E-state index in [9.17, 15) is 4.79 Å². The molecule has 3 heterocycles. The summed E-state index contributed by atoms with van der Waals surface area (Å²) in [6.45, 7) is 14.2. The minimum atomic E-state index is -0.175. The highest BCUT2D eigenvalue weighted by Gasteiger charge is 2.31. The largest absolute Gasteiger partial charge is 0.383 e. The van der Waals surface area contributed by atoms with E-state index < -0.39 is 0 Å². The number of nitrogens with one attached hydrogen (secondary N) is 1. The molecule has 8 nitrogen and oxygen atoms in total. The van der Waals surface area contributed by atoms with Crippen molar-refractivity contribution in [2.24, 2.45) is 11.8 Å². The number of likely N-dealkylation sites (N-methyl/N-ethyl adjacent to an activating group) is 1. The van der Waals surface area contributed by atoms with Gasteiger partial charge in [0.15, 0.2) is 0 Å². The fourth-order valence-corrected chi connectivity index (χ4v) is 8.23. The molecule has 8 heteroatoms. The predicted octanol–water partition coefficient (Wildman–Crippen LogP) is 7.03. The van der Waals surface area contributed by atoms with Crippen LogP contribution in [0, 0.1) is 11.8 Å². The second kappa shape index (κ2) is 16.9. The second-order valence-electron chi connectivity index (χ2n) is 16.0. The van der Waals surface area contributed by atoms with Crippen LogP contribution in [0.15, 0.2) is 78.5 Å². The SMILES string of the molecule is CC1CCN(CC2=CC=C(c3cnc(N)c(C(=O)N[C@H]4CCC[C@@H]4OCc4ccc(-c5ccc(CN6CCN(C)CC6)cc5)cc4)c3)CC2C)CC1. The third-order valence-electron chi connectivity index (χ3n) is 12.0. The minimum absolute atomic E-state index is 0.0394. The van der Waals surface area contributed by atoms with Gasteiger partial charge in [0.25, 0.3) is 5.91 Å². The maximum absolute atomic E-state index is 13.6. The van der Waals surface area contributed by atoms with Crippen LogP contribution in [-0.4, -0.2) is 90.6 Å². The van der Waals surface area contributed by atoms with Crippen LogP contribution in [0.5, 0.6) is 0 Å². The molecule has 3 N–H and O–H groups in total. The van der Waals surface area contributed by atoms with Gasteiger partial charge in [-0.1, -0.05) is 80.1 Å². The Balaban J connectivity index is 0.914. The summed E-state index contributed by atoms with van der Waals surface area (Å²) in [5, 5.41) is 3.25. The van der Waals surface area contributed by atoms with E-state index >= 15 is 0 Å². The molecule has 1 unspecified atom stereocenters. The summed E-state index contributed by atoms with van der Waals surface area (Å²) < 4.78 is 6.42. The third-order valence-corrected chi connectivity index (χ3v) is 12.0. The van der Waals surface area contributed by atoms with Crippen LogP contribution in [0.1, 0.15) is 79.4 Å². The number of carbonyl (C=O) groups is 1. The number of pyridine rings is 1. The van der Waals surface area contributed by atoms with Gasteiger partial charge in [0.2, 0.25) is 0 Å². The fourth-order valence-electron chi connectivity index (χ4n) is 8.23. The number of hydrogen-bond acceptors (Lipinski definition) is 7. The van der Waals surface area contributed by atoms with Gasteiger partial charge >= 0.3 is 0 Å². The molecule has 7 rings (SSSR count). The van der Waals surface area contributed by atoms with Crippen LogP contribution >= 0.6 is 0 Å². The van der Waals surface area contributed by atoms with Crippen molar-refractivity contribution in [1.82, 2.24) is 25.0 Å². The molecule has 0 bridgehead atoms. The first kappa shape index (κ1) is 36.5. The average molecular weight is 703 g/mol. The number of benzene rings is 2. The number of piperazine rings is 1. The fraction of sp³-hybridized carbons (Fsp3) is 0.500. The van der Waals surface area contributed by atoms with Crippen molar-refractivity contribution >= 4 is 17.3 Å². The Kier molecular flexibility index (Phi) is 11.9. The number of ether oxygens (including phenoxy) is 1. The molecular weight excluding hydrogens is 645 g/mol. The first-order chi connectivity index (χ1) is 25.3. The Morgan fingerprint density at radius 3 is 2.19 bits per heavy atom. The van der Waals surface area contributed by atoms with Crippen molar-refractivity contribution in [1.29, 1.82) is 0 Å². The van der Waals surface area contributed by atoms with E-state index in [-0.39, 0.29) is 23.9 Å².